The zero-order chi connectivity index (χ0) is 15.9. The van der Waals surface area contributed by atoms with Gasteiger partial charge < -0.3 is 10.7 Å². The molecule has 0 aliphatic carbocycles. The molecule has 0 saturated heterocycles. The average molecular weight is 321 g/mol. The molecule has 118 valence electrons. The van der Waals surface area contributed by atoms with Gasteiger partial charge in [0, 0.05) is 6.54 Å². The maximum absolute atomic E-state index is 12.7. The minimum Gasteiger partial charge on any atom is -0.352 e. The lowest BCUT2D eigenvalue weighted by Crippen LogP contribution is -2.26. The summed E-state index contributed by atoms with van der Waals surface area (Å²) in [5.74, 6) is 5.64. The Morgan fingerprint density at radius 3 is 2.62 bits per heavy atom. The van der Waals surface area contributed by atoms with Gasteiger partial charge in [0.25, 0.3) is 5.91 Å². The van der Waals surface area contributed by atoms with Gasteiger partial charge in [-0.2, -0.15) is 24.9 Å². The number of amides is 1. The number of hydrazine groups is 1. The van der Waals surface area contributed by atoms with Crippen molar-refractivity contribution in [3.05, 3.63) is 29.3 Å². The van der Waals surface area contributed by atoms with Crippen molar-refractivity contribution in [2.75, 3.05) is 24.0 Å². The van der Waals surface area contributed by atoms with Crippen LogP contribution < -0.4 is 16.6 Å². The van der Waals surface area contributed by atoms with E-state index in [0.717, 1.165) is 36.8 Å². The first-order chi connectivity index (χ1) is 9.90. The van der Waals surface area contributed by atoms with Crippen LogP contribution in [0.4, 0.5) is 18.9 Å². The van der Waals surface area contributed by atoms with E-state index in [-0.39, 0.29) is 11.3 Å². The monoisotopic (exact) mass is 321 g/mol. The fraction of sp³-hybridized carbons (Fsp3) is 0.462. The predicted octanol–water partition coefficient (Wildman–Crippen LogP) is 2.86. The van der Waals surface area contributed by atoms with Gasteiger partial charge in [-0.05, 0) is 43.0 Å². The number of unbranched alkanes of at least 4 members (excludes halogenated alkanes) is 1. The molecule has 0 radical (unpaired) electrons. The summed E-state index contributed by atoms with van der Waals surface area (Å²) in [5.41, 5.74) is 1.40. The number of anilines is 1. The number of carbonyl (C=O) groups is 1. The smallest absolute Gasteiger partial charge is 0.352 e. The topological polar surface area (TPSA) is 67.2 Å². The van der Waals surface area contributed by atoms with Gasteiger partial charge in [-0.15, -0.1) is 0 Å². The van der Waals surface area contributed by atoms with E-state index in [1.165, 1.54) is 0 Å². The summed E-state index contributed by atoms with van der Waals surface area (Å²) in [6, 6.07) is 2.82. The van der Waals surface area contributed by atoms with Crippen LogP contribution in [0.25, 0.3) is 0 Å². The van der Waals surface area contributed by atoms with Crippen LogP contribution in [-0.2, 0) is 6.18 Å². The van der Waals surface area contributed by atoms with Gasteiger partial charge in [0.1, 0.15) is 0 Å². The van der Waals surface area contributed by atoms with Crippen molar-refractivity contribution in [3.8, 4) is 0 Å². The largest absolute Gasteiger partial charge is 0.416 e. The Morgan fingerprint density at radius 1 is 1.33 bits per heavy atom. The maximum Gasteiger partial charge on any atom is 0.416 e. The van der Waals surface area contributed by atoms with Gasteiger partial charge >= 0.3 is 6.18 Å². The normalized spacial score (nSPS) is 11.3. The fourth-order valence-electron chi connectivity index (χ4n) is 1.70. The summed E-state index contributed by atoms with van der Waals surface area (Å²) < 4.78 is 38.0. The number of thioether (sulfide) groups is 1. The highest BCUT2D eigenvalue weighted by Gasteiger charge is 2.31. The van der Waals surface area contributed by atoms with E-state index in [2.05, 4.69) is 10.7 Å². The minimum absolute atomic E-state index is 0.114. The van der Waals surface area contributed by atoms with E-state index in [1.807, 2.05) is 6.26 Å². The number of benzene rings is 1. The molecule has 0 heterocycles. The Balaban J connectivity index is 2.77. The van der Waals surface area contributed by atoms with E-state index in [1.54, 1.807) is 11.8 Å². The number of nitrogen functional groups attached to an aromatic ring is 1. The molecule has 4 nitrogen and oxygen atoms in total. The van der Waals surface area contributed by atoms with Gasteiger partial charge in [-0.1, -0.05) is 0 Å². The first-order valence-corrected chi connectivity index (χ1v) is 7.74. The number of nitrogens with one attached hydrogen (secondary N) is 2. The molecule has 0 spiro atoms. The summed E-state index contributed by atoms with van der Waals surface area (Å²) in [7, 11) is 0. The van der Waals surface area contributed by atoms with Crippen LogP contribution in [-0.4, -0.2) is 24.5 Å². The quantitative estimate of drug-likeness (QED) is 0.410. The summed E-state index contributed by atoms with van der Waals surface area (Å²) in [6.07, 6.45) is -0.802. The lowest BCUT2D eigenvalue weighted by atomic mass is 10.1. The molecule has 0 unspecified atom stereocenters. The molecule has 1 aromatic rings. The van der Waals surface area contributed by atoms with Crippen molar-refractivity contribution in [3.63, 3.8) is 0 Å². The van der Waals surface area contributed by atoms with Crippen LogP contribution in [0.15, 0.2) is 18.2 Å². The second-order valence-electron chi connectivity index (χ2n) is 4.36. The average Bonchev–Trinajstić information content (AvgIpc) is 2.45. The first kappa shape index (κ1) is 17.6. The Labute approximate surface area is 125 Å². The van der Waals surface area contributed by atoms with Crippen molar-refractivity contribution in [2.45, 2.75) is 19.0 Å². The van der Waals surface area contributed by atoms with Crippen molar-refractivity contribution >= 4 is 23.4 Å². The van der Waals surface area contributed by atoms with Gasteiger partial charge in [-0.25, -0.2) is 0 Å². The first-order valence-electron chi connectivity index (χ1n) is 6.35. The Kier molecular flexibility index (Phi) is 6.83. The molecule has 0 bridgehead atoms. The van der Waals surface area contributed by atoms with E-state index in [0.29, 0.717) is 6.54 Å². The third kappa shape index (κ3) is 5.47. The van der Waals surface area contributed by atoms with E-state index in [9.17, 15) is 18.0 Å². The number of carbonyl (C=O) groups excluding carboxylic acids is 1. The van der Waals surface area contributed by atoms with Crippen molar-refractivity contribution < 1.29 is 18.0 Å². The summed E-state index contributed by atoms with van der Waals surface area (Å²) in [4.78, 5) is 12.0. The summed E-state index contributed by atoms with van der Waals surface area (Å²) >= 11 is 1.70. The molecule has 0 aliphatic rings. The van der Waals surface area contributed by atoms with E-state index in [4.69, 9.17) is 5.84 Å². The number of hydrogen-bond donors (Lipinski definition) is 3. The van der Waals surface area contributed by atoms with Crippen LogP contribution in [0.2, 0.25) is 0 Å². The lowest BCUT2D eigenvalue weighted by molar-refractivity contribution is -0.137. The zero-order valence-corrected chi connectivity index (χ0v) is 12.4. The standard InChI is InChI=1S/C13H18F3N3OS/c1-21-7-3-2-6-18-12(20)10-8-9(13(14,15)16)4-5-11(10)19-17/h4-5,8,19H,2-3,6-7,17H2,1H3,(H,18,20). The second-order valence-corrected chi connectivity index (χ2v) is 5.34. The number of hydrogen-bond acceptors (Lipinski definition) is 4. The third-order valence-corrected chi connectivity index (χ3v) is 3.50. The molecule has 8 heteroatoms. The van der Waals surface area contributed by atoms with Gasteiger partial charge in [0.05, 0.1) is 16.8 Å². The van der Waals surface area contributed by atoms with Gasteiger partial charge in [0.2, 0.25) is 0 Å². The van der Waals surface area contributed by atoms with E-state index >= 15 is 0 Å². The highest BCUT2D eigenvalue weighted by Crippen LogP contribution is 2.31. The number of halogens is 3. The molecular formula is C13H18F3N3OS. The van der Waals surface area contributed by atoms with Crippen molar-refractivity contribution in [1.29, 1.82) is 0 Å². The second kappa shape index (κ2) is 8.14. The fourth-order valence-corrected chi connectivity index (χ4v) is 2.20. The van der Waals surface area contributed by atoms with Crippen LogP contribution in [0.3, 0.4) is 0 Å². The van der Waals surface area contributed by atoms with Gasteiger partial charge in [0.15, 0.2) is 0 Å². The molecule has 0 atom stereocenters. The molecule has 4 N–H and O–H groups in total. The molecule has 0 aliphatic heterocycles. The number of nitrogens with two attached hydrogens (primary N) is 1. The molecule has 21 heavy (non-hydrogen) atoms. The van der Waals surface area contributed by atoms with E-state index < -0.39 is 17.6 Å². The third-order valence-electron chi connectivity index (χ3n) is 2.81. The van der Waals surface area contributed by atoms with Crippen LogP contribution in [0.1, 0.15) is 28.8 Å². The molecular weight excluding hydrogens is 303 g/mol. The maximum atomic E-state index is 12.7. The molecule has 0 saturated carbocycles. The van der Waals surface area contributed by atoms with Crippen molar-refractivity contribution in [2.24, 2.45) is 5.84 Å². The van der Waals surface area contributed by atoms with Crippen LogP contribution in [0.5, 0.6) is 0 Å². The highest BCUT2D eigenvalue weighted by atomic mass is 32.2. The Morgan fingerprint density at radius 2 is 2.05 bits per heavy atom. The number of alkyl halides is 3. The predicted molar refractivity (Wildman–Crippen MR) is 79.2 cm³/mol. The Hall–Kier alpha value is -1.41. The van der Waals surface area contributed by atoms with Crippen LogP contribution in [0, 0.1) is 0 Å². The molecule has 1 aromatic carbocycles. The minimum atomic E-state index is -4.50. The molecule has 1 amide bonds. The van der Waals surface area contributed by atoms with Gasteiger partial charge in [-0.3, -0.25) is 10.6 Å². The SMILES string of the molecule is CSCCCCNC(=O)c1cc(C(F)(F)F)ccc1NN. The summed E-state index contributed by atoms with van der Waals surface area (Å²) in [5, 5.41) is 2.60. The zero-order valence-electron chi connectivity index (χ0n) is 11.6. The highest BCUT2D eigenvalue weighted by molar-refractivity contribution is 7.98. The van der Waals surface area contributed by atoms with Crippen LogP contribution >= 0.6 is 11.8 Å². The van der Waals surface area contributed by atoms with Crippen molar-refractivity contribution in [1.82, 2.24) is 5.32 Å². The molecule has 0 fully saturated rings. The number of rotatable bonds is 7. The molecule has 0 aromatic heterocycles. The lowest BCUT2D eigenvalue weighted by Gasteiger charge is -2.13. The molecule has 1 rings (SSSR count). The Bertz CT molecular complexity index is 480. The summed E-state index contributed by atoms with van der Waals surface area (Å²) in [6.45, 7) is 0.416.